The first-order valence-electron chi connectivity index (χ1n) is 9.77. The minimum absolute atomic E-state index is 0.0357. The smallest absolute Gasteiger partial charge is 0.293 e. The molecule has 1 saturated heterocycles. The number of nitrogens with zero attached hydrogens (tertiary/aromatic N) is 2. The molecular weight excluding hydrogens is 346 g/mol. The van der Waals surface area contributed by atoms with Crippen LogP contribution in [0.5, 0.6) is 0 Å². The second kappa shape index (κ2) is 8.50. The highest BCUT2D eigenvalue weighted by Gasteiger charge is 2.27. The molecule has 1 amide bonds. The Morgan fingerprint density at radius 3 is 2.44 bits per heavy atom. The Morgan fingerprint density at radius 2 is 1.85 bits per heavy atom. The maximum absolute atomic E-state index is 12.2. The van der Waals surface area contributed by atoms with Gasteiger partial charge in [-0.15, -0.1) is 0 Å². The molecule has 1 aromatic carbocycles. The summed E-state index contributed by atoms with van der Waals surface area (Å²) in [4.78, 5) is 36.7. The van der Waals surface area contributed by atoms with Crippen LogP contribution in [-0.2, 0) is 4.79 Å². The zero-order chi connectivity index (χ0) is 19.4. The number of Topliss-reactive ketones (excluding diaryl/α,β-unsaturated/α-hetero) is 1. The molecule has 3 rings (SSSR count). The lowest BCUT2D eigenvalue weighted by atomic mass is 10.0. The van der Waals surface area contributed by atoms with Crippen molar-refractivity contribution in [3.8, 4) is 0 Å². The molecule has 0 aromatic heterocycles. The van der Waals surface area contributed by atoms with E-state index in [4.69, 9.17) is 0 Å². The molecule has 2 aliphatic rings. The monoisotopic (exact) mass is 373 g/mol. The van der Waals surface area contributed by atoms with Gasteiger partial charge in [-0.05, 0) is 50.7 Å². The summed E-state index contributed by atoms with van der Waals surface area (Å²) < 4.78 is 0. The molecular formula is C20H27N3O4. The summed E-state index contributed by atoms with van der Waals surface area (Å²) in [6, 6.07) is 4.78. The molecule has 0 radical (unpaired) electrons. The van der Waals surface area contributed by atoms with E-state index in [1.54, 1.807) is 12.1 Å². The van der Waals surface area contributed by atoms with Gasteiger partial charge in [-0.2, -0.15) is 0 Å². The van der Waals surface area contributed by atoms with Gasteiger partial charge in [-0.3, -0.25) is 19.7 Å². The highest BCUT2D eigenvalue weighted by Crippen LogP contribution is 2.32. The van der Waals surface area contributed by atoms with Crippen LogP contribution < -0.4 is 10.2 Å². The Bertz CT molecular complexity index is 720. The van der Waals surface area contributed by atoms with Crippen LogP contribution in [0.1, 0.15) is 62.2 Å². The summed E-state index contributed by atoms with van der Waals surface area (Å²) >= 11 is 0. The molecule has 0 atom stereocenters. The predicted molar refractivity (Wildman–Crippen MR) is 103 cm³/mol. The molecule has 1 aliphatic carbocycles. The number of piperidine rings is 1. The molecule has 2 fully saturated rings. The maximum atomic E-state index is 12.2. The van der Waals surface area contributed by atoms with Crippen LogP contribution in [0.15, 0.2) is 18.2 Å². The van der Waals surface area contributed by atoms with Crippen LogP contribution in [0.4, 0.5) is 11.4 Å². The number of nitro groups is 1. The second-order valence-corrected chi connectivity index (χ2v) is 7.70. The number of carbonyl (C=O) groups excluding carboxylic acids is 2. The van der Waals surface area contributed by atoms with Crippen LogP contribution in [-0.4, -0.2) is 35.7 Å². The highest BCUT2D eigenvalue weighted by atomic mass is 16.6. The van der Waals surface area contributed by atoms with Crippen LogP contribution >= 0.6 is 0 Å². The Balaban J connectivity index is 1.57. The number of amides is 1. The van der Waals surface area contributed by atoms with Gasteiger partial charge in [0.25, 0.3) is 5.69 Å². The number of anilines is 1. The Hall–Kier alpha value is -2.44. The fourth-order valence-corrected chi connectivity index (χ4v) is 4.18. The third kappa shape index (κ3) is 4.84. The second-order valence-electron chi connectivity index (χ2n) is 7.70. The molecule has 146 valence electrons. The van der Waals surface area contributed by atoms with Gasteiger partial charge in [-0.25, -0.2) is 0 Å². The van der Waals surface area contributed by atoms with E-state index in [-0.39, 0.29) is 23.4 Å². The maximum Gasteiger partial charge on any atom is 0.293 e. The standard InChI is InChI=1S/C20H27N3O4/c1-14(24)16-6-7-18(19(13-16)23(26)27)22-10-8-17(9-11-22)21-20(25)12-15-4-2-3-5-15/h6-7,13,15,17H,2-5,8-12H2,1H3,(H,21,25). The molecule has 0 unspecified atom stereocenters. The molecule has 1 saturated carbocycles. The third-order valence-electron chi connectivity index (χ3n) is 5.73. The molecule has 1 aliphatic heterocycles. The molecule has 0 spiro atoms. The number of benzene rings is 1. The van der Waals surface area contributed by atoms with Crippen molar-refractivity contribution in [1.82, 2.24) is 5.32 Å². The number of ketones is 1. The van der Waals surface area contributed by atoms with Gasteiger partial charge in [0.05, 0.1) is 4.92 Å². The van der Waals surface area contributed by atoms with Crippen molar-refractivity contribution < 1.29 is 14.5 Å². The van der Waals surface area contributed by atoms with Gasteiger partial charge >= 0.3 is 0 Å². The van der Waals surface area contributed by atoms with Gasteiger partial charge in [-0.1, -0.05) is 12.8 Å². The van der Waals surface area contributed by atoms with E-state index in [1.165, 1.54) is 25.8 Å². The van der Waals surface area contributed by atoms with Crippen molar-refractivity contribution in [2.75, 3.05) is 18.0 Å². The van der Waals surface area contributed by atoms with Crippen LogP contribution in [0.25, 0.3) is 0 Å². The highest BCUT2D eigenvalue weighted by molar-refractivity contribution is 5.95. The SMILES string of the molecule is CC(=O)c1ccc(N2CCC(NC(=O)CC3CCCC3)CC2)c([N+](=O)[O-])c1. The number of nitrogens with one attached hydrogen (secondary N) is 1. The zero-order valence-corrected chi connectivity index (χ0v) is 15.8. The lowest BCUT2D eigenvalue weighted by molar-refractivity contribution is -0.384. The Kier molecular flexibility index (Phi) is 6.08. The van der Waals surface area contributed by atoms with Gasteiger partial charge in [0.1, 0.15) is 5.69 Å². The summed E-state index contributed by atoms with van der Waals surface area (Å²) in [5, 5.41) is 14.6. The van der Waals surface area contributed by atoms with E-state index in [0.717, 1.165) is 25.7 Å². The number of rotatable bonds is 6. The van der Waals surface area contributed by atoms with Crippen molar-refractivity contribution in [2.45, 2.75) is 57.9 Å². The first-order chi connectivity index (χ1) is 12.9. The van der Waals surface area contributed by atoms with Crippen LogP contribution in [0.2, 0.25) is 0 Å². The van der Waals surface area contributed by atoms with Crippen molar-refractivity contribution in [1.29, 1.82) is 0 Å². The molecule has 1 aromatic rings. The molecule has 0 bridgehead atoms. The van der Waals surface area contributed by atoms with E-state index in [2.05, 4.69) is 5.32 Å². The minimum Gasteiger partial charge on any atom is -0.366 e. The van der Waals surface area contributed by atoms with Crippen molar-refractivity contribution >= 4 is 23.1 Å². The fraction of sp³-hybridized carbons (Fsp3) is 0.600. The van der Waals surface area contributed by atoms with E-state index in [1.807, 2.05) is 4.90 Å². The normalized spacial score (nSPS) is 18.5. The predicted octanol–water partition coefficient (Wildman–Crippen LogP) is 3.46. The average Bonchev–Trinajstić information content (AvgIpc) is 3.14. The lowest BCUT2D eigenvalue weighted by Crippen LogP contribution is -2.45. The number of hydrogen-bond donors (Lipinski definition) is 1. The van der Waals surface area contributed by atoms with Crippen molar-refractivity contribution in [3.63, 3.8) is 0 Å². The quantitative estimate of drug-likeness (QED) is 0.468. The first-order valence-corrected chi connectivity index (χ1v) is 9.77. The lowest BCUT2D eigenvalue weighted by Gasteiger charge is -2.33. The van der Waals surface area contributed by atoms with E-state index in [9.17, 15) is 19.7 Å². The molecule has 7 nitrogen and oxygen atoms in total. The Morgan fingerprint density at radius 1 is 1.19 bits per heavy atom. The number of hydrogen-bond acceptors (Lipinski definition) is 5. The number of nitro benzene ring substituents is 1. The van der Waals surface area contributed by atoms with Gasteiger partial charge in [0.2, 0.25) is 5.91 Å². The van der Waals surface area contributed by atoms with E-state index >= 15 is 0 Å². The minimum atomic E-state index is -0.433. The van der Waals surface area contributed by atoms with Gasteiger partial charge < -0.3 is 10.2 Å². The summed E-state index contributed by atoms with van der Waals surface area (Å²) in [7, 11) is 0. The third-order valence-corrected chi connectivity index (χ3v) is 5.73. The number of carbonyl (C=O) groups is 2. The molecule has 27 heavy (non-hydrogen) atoms. The molecule has 1 N–H and O–H groups in total. The average molecular weight is 373 g/mol. The first kappa shape index (κ1) is 19.3. The summed E-state index contributed by atoms with van der Waals surface area (Å²) in [6.07, 6.45) is 6.94. The molecule has 1 heterocycles. The summed E-state index contributed by atoms with van der Waals surface area (Å²) in [5.41, 5.74) is 0.853. The largest absolute Gasteiger partial charge is 0.366 e. The van der Waals surface area contributed by atoms with Crippen LogP contribution in [0.3, 0.4) is 0 Å². The summed E-state index contributed by atoms with van der Waals surface area (Å²) in [5.74, 6) is 0.484. The fourth-order valence-electron chi connectivity index (χ4n) is 4.18. The molecule has 7 heteroatoms. The summed E-state index contributed by atoms with van der Waals surface area (Å²) in [6.45, 7) is 2.70. The van der Waals surface area contributed by atoms with E-state index in [0.29, 0.717) is 36.7 Å². The van der Waals surface area contributed by atoms with Crippen molar-refractivity contribution in [2.24, 2.45) is 5.92 Å². The Labute approximate surface area is 159 Å². The van der Waals surface area contributed by atoms with Crippen molar-refractivity contribution in [3.05, 3.63) is 33.9 Å². The van der Waals surface area contributed by atoms with Crippen LogP contribution in [0, 0.1) is 16.0 Å². The van der Waals surface area contributed by atoms with Gasteiger partial charge in [0.15, 0.2) is 5.78 Å². The van der Waals surface area contributed by atoms with Gasteiger partial charge in [0, 0.05) is 37.2 Å². The topological polar surface area (TPSA) is 92.6 Å². The zero-order valence-electron chi connectivity index (χ0n) is 15.8. The van der Waals surface area contributed by atoms with E-state index < -0.39 is 4.92 Å².